The fourth-order valence-corrected chi connectivity index (χ4v) is 2.84. The Labute approximate surface area is 111 Å². The Kier molecular flexibility index (Phi) is 7.14. The first kappa shape index (κ1) is 15.9. The highest BCUT2D eigenvalue weighted by atomic mass is 32.2. The maximum absolute atomic E-state index is 10.9. The molecular formula is C12H27N3O2S. The lowest BCUT2D eigenvalue weighted by molar-refractivity contribution is 0.345. The molecule has 0 spiro atoms. The predicted molar refractivity (Wildman–Crippen MR) is 75.2 cm³/mol. The summed E-state index contributed by atoms with van der Waals surface area (Å²) in [4.78, 5) is 0. The number of hydrogen-bond acceptors (Lipinski definition) is 4. The maximum atomic E-state index is 10.9. The molecule has 1 saturated heterocycles. The largest absolute Gasteiger partial charge is 0.314 e. The second-order valence-corrected chi connectivity index (χ2v) is 7.09. The van der Waals surface area contributed by atoms with Crippen molar-refractivity contribution in [3.8, 4) is 0 Å². The highest BCUT2D eigenvalue weighted by Gasteiger charge is 2.15. The minimum Gasteiger partial charge on any atom is -0.314 e. The van der Waals surface area contributed by atoms with Gasteiger partial charge in [-0.3, -0.25) is 0 Å². The van der Waals surface area contributed by atoms with Crippen LogP contribution >= 0.6 is 0 Å². The zero-order valence-electron chi connectivity index (χ0n) is 11.5. The summed E-state index contributed by atoms with van der Waals surface area (Å²) >= 11 is 0. The van der Waals surface area contributed by atoms with E-state index in [9.17, 15) is 8.42 Å². The Morgan fingerprint density at radius 3 is 2.72 bits per heavy atom. The fraction of sp³-hybridized carbons (Fsp3) is 1.00. The number of rotatable bonds is 8. The highest BCUT2D eigenvalue weighted by molar-refractivity contribution is 7.88. The fourth-order valence-electron chi connectivity index (χ4n) is 2.33. The van der Waals surface area contributed by atoms with E-state index in [2.05, 4.69) is 22.3 Å². The summed E-state index contributed by atoms with van der Waals surface area (Å²) in [7, 11) is -3.04. The van der Waals surface area contributed by atoms with Gasteiger partial charge in [-0.15, -0.1) is 0 Å². The molecule has 1 aliphatic heterocycles. The van der Waals surface area contributed by atoms with Crippen LogP contribution in [0.25, 0.3) is 0 Å². The Morgan fingerprint density at radius 1 is 1.33 bits per heavy atom. The van der Waals surface area contributed by atoms with E-state index in [0.29, 0.717) is 18.6 Å². The zero-order chi connectivity index (χ0) is 13.4. The van der Waals surface area contributed by atoms with Gasteiger partial charge in [0, 0.05) is 18.6 Å². The Hall–Kier alpha value is -0.170. The maximum Gasteiger partial charge on any atom is 0.208 e. The summed E-state index contributed by atoms with van der Waals surface area (Å²) in [5, 5.41) is 6.98. The Morgan fingerprint density at radius 2 is 2.11 bits per heavy atom. The molecule has 5 nitrogen and oxygen atoms in total. The van der Waals surface area contributed by atoms with Crippen molar-refractivity contribution in [2.75, 3.05) is 25.9 Å². The van der Waals surface area contributed by atoms with Gasteiger partial charge in [-0.1, -0.05) is 6.42 Å². The van der Waals surface area contributed by atoms with Crippen LogP contribution in [-0.2, 0) is 10.0 Å². The molecule has 0 aromatic heterocycles. The van der Waals surface area contributed by atoms with Gasteiger partial charge in [0.25, 0.3) is 0 Å². The van der Waals surface area contributed by atoms with Crippen LogP contribution < -0.4 is 15.4 Å². The van der Waals surface area contributed by atoms with E-state index in [1.165, 1.54) is 25.5 Å². The summed E-state index contributed by atoms with van der Waals surface area (Å²) < 4.78 is 24.2. The van der Waals surface area contributed by atoms with Crippen LogP contribution in [0.2, 0.25) is 0 Å². The third kappa shape index (κ3) is 8.02. The molecule has 0 aromatic carbocycles. The standard InChI is InChI=1S/C12H27N3O2S/c1-11(10-12-6-3-4-7-14-12)13-8-5-9-15-18(2,16)17/h11-15H,3-10H2,1-2H3. The van der Waals surface area contributed by atoms with E-state index >= 15 is 0 Å². The van der Waals surface area contributed by atoms with Crippen molar-refractivity contribution in [1.29, 1.82) is 0 Å². The number of sulfonamides is 1. The normalized spacial score (nSPS) is 22.9. The van der Waals surface area contributed by atoms with Crippen molar-refractivity contribution in [3.05, 3.63) is 0 Å². The van der Waals surface area contributed by atoms with Crippen molar-refractivity contribution in [2.45, 2.75) is 51.1 Å². The SMILES string of the molecule is CC(CC1CCCCN1)NCCCNS(C)(=O)=O. The average Bonchev–Trinajstić information content (AvgIpc) is 2.28. The summed E-state index contributed by atoms with van der Waals surface area (Å²) in [5.74, 6) is 0. The third-order valence-electron chi connectivity index (χ3n) is 3.26. The van der Waals surface area contributed by atoms with E-state index in [1.807, 2.05) is 0 Å². The molecule has 108 valence electrons. The highest BCUT2D eigenvalue weighted by Crippen LogP contribution is 2.11. The molecule has 1 heterocycles. The monoisotopic (exact) mass is 277 g/mol. The Balaban J connectivity index is 2.01. The molecule has 0 bridgehead atoms. The molecule has 0 aliphatic carbocycles. The summed E-state index contributed by atoms with van der Waals surface area (Å²) in [6.45, 7) is 4.71. The molecule has 0 aromatic rings. The van der Waals surface area contributed by atoms with Crippen molar-refractivity contribution in [2.24, 2.45) is 0 Å². The summed E-state index contributed by atoms with van der Waals surface area (Å²) in [6, 6.07) is 1.13. The smallest absolute Gasteiger partial charge is 0.208 e. The van der Waals surface area contributed by atoms with E-state index in [4.69, 9.17) is 0 Å². The van der Waals surface area contributed by atoms with Crippen molar-refractivity contribution in [1.82, 2.24) is 15.4 Å². The molecule has 1 rings (SSSR count). The molecule has 6 heteroatoms. The molecule has 3 N–H and O–H groups in total. The van der Waals surface area contributed by atoms with E-state index in [0.717, 1.165) is 25.9 Å². The van der Waals surface area contributed by atoms with Gasteiger partial charge in [-0.05, 0) is 45.7 Å². The minimum absolute atomic E-state index is 0.485. The van der Waals surface area contributed by atoms with Crippen molar-refractivity contribution in [3.63, 3.8) is 0 Å². The van der Waals surface area contributed by atoms with Crippen molar-refractivity contribution >= 4 is 10.0 Å². The van der Waals surface area contributed by atoms with Crippen LogP contribution in [0, 0.1) is 0 Å². The lowest BCUT2D eigenvalue weighted by Gasteiger charge is -2.26. The van der Waals surface area contributed by atoms with Gasteiger partial charge in [-0.25, -0.2) is 13.1 Å². The topological polar surface area (TPSA) is 70.2 Å². The van der Waals surface area contributed by atoms with Crippen molar-refractivity contribution < 1.29 is 8.42 Å². The molecular weight excluding hydrogens is 250 g/mol. The molecule has 2 atom stereocenters. The molecule has 0 amide bonds. The van der Waals surface area contributed by atoms with Crippen LogP contribution in [0.5, 0.6) is 0 Å². The quantitative estimate of drug-likeness (QED) is 0.563. The lowest BCUT2D eigenvalue weighted by Crippen LogP contribution is -2.40. The second-order valence-electron chi connectivity index (χ2n) is 5.26. The molecule has 0 saturated carbocycles. The van der Waals surface area contributed by atoms with E-state index < -0.39 is 10.0 Å². The first-order chi connectivity index (χ1) is 8.47. The van der Waals surface area contributed by atoms with Gasteiger partial charge in [0.05, 0.1) is 6.26 Å². The molecule has 1 fully saturated rings. The zero-order valence-corrected chi connectivity index (χ0v) is 12.4. The second kappa shape index (κ2) is 8.09. The Bertz CT molecular complexity index is 313. The van der Waals surface area contributed by atoms with Crippen LogP contribution in [-0.4, -0.2) is 46.4 Å². The number of nitrogens with one attached hydrogen (secondary N) is 3. The van der Waals surface area contributed by atoms with E-state index in [-0.39, 0.29) is 0 Å². The van der Waals surface area contributed by atoms with Crippen LogP contribution in [0.15, 0.2) is 0 Å². The minimum atomic E-state index is -3.04. The molecule has 1 aliphatic rings. The predicted octanol–water partition coefficient (Wildman–Crippen LogP) is 0.436. The van der Waals surface area contributed by atoms with Crippen LogP contribution in [0.1, 0.15) is 39.0 Å². The molecule has 0 radical (unpaired) electrons. The molecule has 18 heavy (non-hydrogen) atoms. The summed E-state index contributed by atoms with van der Waals surface area (Å²) in [6.07, 6.45) is 7.09. The van der Waals surface area contributed by atoms with Gasteiger partial charge < -0.3 is 10.6 Å². The van der Waals surface area contributed by atoms with Crippen LogP contribution in [0.4, 0.5) is 0 Å². The van der Waals surface area contributed by atoms with Gasteiger partial charge >= 0.3 is 0 Å². The molecule has 2 unspecified atom stereocenters. The van der Waals surface area contributed by atoms with Gasteiger partial charge in [0.2, 0.25) is 10.0 Å². The lowest BCUT2D eigenvalue weighted by atomic mass is 9.99. The van der Waals surface area contributed by atoms with E-state index in [1.54, 1.807) is 0 Å². The number of hydrogen-bond donors (Lipinski definition) is 3. The summed E-state index contributed by atoms with van der Waals surface area (Å²) in [5.41, 5.74) is 0. The average molecular weight is 277 g/mol. The van der Waals surface area contributed by atoms with Gasteiger partial charge in [0.1, 0.15) is 0 Å². The first-order valence-corrected chi connectivity index (χ1v) is 8.78. The third-order valence-corrected chi connectivity index (χ3v) is 3.99. The first-order valence-electron chi connectivity index (χ1n) is 6.89. The van der Waals surface area contributed by atoms with Crippen LogP contribution in [0.3, 0.4) is 0 Å². The number of piperidine rings is 1. The van der Waals surface area contributed by atoms with Gasteiger partial charge in [0.15, 0.2) is 0 Å². The van der Waals surface area contributed by atoms with Gasteiger partial charge in [-0.2, -0.15) is 0 Å².